The fraction of sp³-hybridized carbons (Fsp3) is 0.273. The van der Waals surface area contributed by atoms with E-state index in [-0.39, 0.29) is 11.8 Å². The van der Waals surface area contributed by atoms with E-state index >= 15 is 0 Å². The molecule has 2 N–H and O–H groups in total. The van der Waals surface area contributed by atoms with Crippen LogP contribution in [0.25, 0.3) is 6.08 Å². The standard InChI is InChI=1S/C22H24N2O5/c1-4-27-19-9-6-15(12-20(19)28-5-2)7-11-21(25)23-16-8-10-18-17(13-16)24-22(26)14(3)29-18/h6-14H,4-5H2,1-3H3,(H,23,25)(H,24,26)/b11-7+/t14-/m1/s1. The Balaban J connectivity index is 1.68. The third kappa shape index (κ3) is 5.07. The number of fused-ring (bicyclic) bond motifs is 1. The second-order valence-electron chi connectivity index (χ2n) is 6.36. The Morgan fingerprint density at radius 3 is 2.66 bits per heavy atom. The number of hydrogen-bond donors (Lipinski definition) is 2. The van der Waals surface area contributed by atoms with E-state index in [2.05, 4.69) is 10.6 Å². The molecule has 0 saturated heterocycles. The molecule has 0 saturated carbocycles. The zero-order valence-electron chi connectivity index (χ0n) is 16.7. The normalized spacial score (nSPS) is 15.3. The van der Waals surface area contributed by atoms with Crippen molar-refractivity contribution < 1.29 is 23.8 Å². The van der Waals surface area contributed by atoms with Crippen LogP contribution >= 0.6 is 0 Å². The number of amides is 2. The fourth-order valence-corrected chi connectivity index (χ4v) is 2.81. The van der Waals surface area contributed by atoms with Gasteiger partial charge in [-0.1, -0.05) is 6.07 Å². The molecular weight excluding hydrogens is 372 g/mol. The van der Waals surface area contributed by atoms with Gasteiger partial charge in [0, 0.05) is 11.8 Å². The first kappa shape index (κ1) is 20.3. The first-order chi connectivity index (χ1) is 14.0. The molecule has 1 aliphatic heterocycles. The number of benzene rings is 2. The highest BCUT2D eigenvalue weighted by atomic mass is 16.5. The van der Waals surface area contributed by atoms with E-state index in [4.69, 9.17) is 14.2 Å². The van der Waals surface area contributed by atoms with Gasteiger partial charge in [0.05, 0.1) is 18.9 Å². The monoisotopic (exact) mass is 396 g/mol. The largest absolute Gasteiger partial charge is 0.490 e. The molecule has 1 aliphatic rings. The smallest absolute Gasteiger partial charge is 0.265 e. The summed E-state index contributed by atoms with van der Waals surface area (Å²) in [5, 5.41) is 5.53. The van der Waals surface area contributed by atoms with Crippen molar-refractivity contribution in [3.8, 4) is 17.2 Å². The fourth-order valence-electron chi connectivity index (χ4n) is 2.81. The molecule has 3 rings (SSSR count). The predicted molar refractivity (Wildman–Crippen MR) is 112 cm³/mol. The minimum Gasteiger partial charge on any atom is -0.490 e. The molecule has 1 atom stereocenters. The number of anilines is 2. The Hall–Kier alpha value is -3.48. The highest BCUT2D eigenvalue weighted by Crippen LogP contribution is 2.32. The van der Waals surface area contributed by atoms with Gasteiger partial charge in [0.2, 0.25) is 5.91 Å². The van der Waals surface area contributed by atoms with Gasteiger partial charge in [0.1, 0.15) is 5.75 Å². The minimum absolute atomic E-state index is 0.221. The maximum absolute atomic E-state index is 12.3. The van der Waals surface area contributed by atoms with Gasteiger partial charge in [-0.15, -0.1) is 0 Å². The van der Waals surface area contributed by atoms with Crippen LogP contribution in [0.15, 0.2) is 42.5 Å². The third-order valence-electron chi connectivity index (χ3n) is 4.17. The summed E-state index contributed by atoms with van der Waals surface area (Å²) in [6.45, 7) is 6.55. The van der Waals surface area contributed by atoms with Crippen LogP contribution in [0.5, 0.6) is 17.2 Å². The number of carbonyl (C=O) groups is 2. The summed E-state index contributed by atoms with van der Waals surface area (Å²) >= 11 is 0. The summed E-state index contributed by atoms with van der Waals surface area (Å²) in [7, 11) is 0. The topological polar surface area (TPSA) is 85.9 Å². The molecule has 0 bridgehead atoms. The molecule has 152 valence electrons. The van der Waals surface area contributed by atoms with E-state index in [1.807, 2.05) is 32.0 Å². The third-order valence-corrected chi connectivity index (χ3v) is 4.17. The molecule has 2 amide bonds. The van der Waals surface area contributed by atoms with Crippen LogP contribution in [-0.4, -0.2) is 31.1 Å². The second-order valence-corrected chi connectivity index (χ2v) is 6.36. The number of hydrogen-bond acceptors (Lipinski definition) is 5. The van der Waals surface area contributed by atoms with Crippen LogP contribution in [0.1, 0.15) is 26.3 Å². The summed E-state index contributed by atoms with van der Waals surface area (Å²) in [6, 6.07) is 10.6. The Morgan fingerprint density at radius 1 is 1.14 bits per heavy atom. The van der Waals surface area contributed by atoms with Crippen molar-refractivity contribution in [1.29, 1.82) is 0 Å². The Morgan fingerprint density at radius 2 is 1.90 bits per heavy atom. The van der Waals surface area contributed by atoms with Crippen LogP contribution in [0.2, 0.25) is 0 Å². The summed E-state index contributed by atoms with van der Waals surface area (Å²) in [6.07, 6.45) is 2.59. The molecule has 0 aliphatic carbocycles. The van der Waals surface area contributed by atoms with Crippen LogP contribution in [-0.2, 0) is 9.59 Å². The van der Waals surface area contributed by atoms with Gasteiger partial charge < -0.3 is 24.8 Å². The number of nitrogens with one attached hydrogen (secondary N) is 2. The number of rotatable bonds is 7. The van der Waals surface area contributed by atoms with E-state index in [1.54, 1.807) is 31.2 Å². The van der Waals surface area contributed by atoms with Crippen molar-refractivity contribution >= 4 is 29.3 Å². The number of carbonyl (C=O) groups excluding carboxylic acids is 2. The zero-order valence-corrected chi connectivity index (χ0v) is 16.7. The Bertz CT molecular complexity index is 939. The lowest BCUT2D eigenvalue weighted by Gasteiger charge is -2.23. The van der Waals surface area contributed by atoms with Gasteiger partial charge in [0.25, 0.3) is 5.91 Å². The average molecular weight is 396 g/mol. The minimum atomic E-state index is -0.540. The molecule has 1 heterocycles. The maximum Gasteiger partial charge on any atom is 0.265 e. The lowest BCUT2D eigenvalue weighted by atomic mass is 10.2. The van der Waals surface area contributed by atoms with Crippen molar-refractivity contribution in [2.24, 2.45) is 0 Å². The van der Waals surface area contributed by atoms with E-state index in [0.29, 0.717) is 41.8 Å². The molecule has 0 aromatic heterocycles. The highest BCUT2D eigenvalue weighted by molar-refractivity contribution is 6.03. The lowest BCUT2D eigenvalue weighted by Crippen LogP contribution is -2.34. The lowest BCUT2D eigenvalue weighted by molar-refractivity contribution is -0.122. The van der Waals surface area contributed by atoms with E-state index < -0.39 is 6.10 Å². The Labute approximate surface area is 169 Å². The molecule has 0 radical (unpaired) electrons. The first-order valence-corrected chi connectivity index (χ1v) is 9.50. The predicted octanol–water partition coefficient (Wildman–Crippen LogP) is 3.86. The van der Waals surface area contributed by atoms with E-state index in [9.17, 15) is 9.59 Å². The summed E-state index contributed by atoms with van der Waals surface area (Å²) < 4.78 is 16.6. The van der Waals surface area contributed by atoms with Crippen molar-refractivity contribution in [3.63, 3.8) is 0 Å². The van der Waals surface area contributed by atoms with Crippen molar-refractivity contribution in [1.82, 2.24) is 0 Å². The molecule has 0 fully saturated rings. The SMILES string of the molecule is CCOc1ccc(/C=C/C(=O)Nc2ccc3c(c2)NC(=O)[C@@H](C)O3)cc1OCC. The van der Waals surface area contributed by atoms with Crippen molar-refractivity contribution in [2.75, 3.05) is 23.8 Å². The maximum atomic E-state index is 12.3. The molecule has 2 aromatic carbocycles. The van der Waals surface area contributed by atoms with E-state index in [1.165, 1.54) is 6.08 Å². The van der Waals surface area contributed by atoms with Gasteiger partial charge in [-0.2, -0.15) is 0 Å². The summed E-state index contributed by atoms with van der Waals surface area (Å²) in [5.74, 6) is 1.36. The molecule has 2 aromatic rings. The summed E-state index contributed by atoms with van der Waals surface area (Å²) in [5.41, 5.74) is 1.90. The van der Waals surface area contributed by atoms with Crippen LogP contribution in [0, 0.1) is 0 Å². The first-order valence-electron chi connectivity index (χ1n) is 9.50. The van der Waals surface area contributed by atoms with Crippen LogP contribution in [0.3, 0.4) is 0 Å². The molecule has 0 unspecified atom stereocenters. The Kier molecular flexibility index (Phi) is 6.39. The quantitative estimate of drug-likeness (QED) is 0.694. The molecule has 0 spiro atoms. The molecule has 7 nitrogen and oxygen atoms in total. The second kappa shape index (κ2) is 9.14. The zero-order chi connectivity index (χ0) is 20.8. The highest BCUT2D eigenvalue weighted by Gasteiger charge is 2.23. The van der Waals surface area contributed by atoms with Crippen LogP contribution < -0.4 is 24.8 Å². The number of ether oxygens (including phenoxy) is 3. The summed E-state index contributed by atoms with van der Waals surface area (Å²) in [4.78, 5) is 24.0. The van der Waals surface area contributed by atoms with Gasteiger partial charge in [-0.25, -0.2) is 0 Å². The van der Waals surface area contributed by atoms with E-state index in [0.717, 1.165) is 5.56 Å². The van der Waals surface area contributed by atoms with Gasteiger partial charge in [-0.05, 0) is 62.7 Å². The van der Waals surface area contributed by atoms with Crippen molar-refractivity contribution in [3.05, 3.63) is 48.0 Å². The molecular formula is C22H24N2O5. The van der Waals surface area contributed by atoms with Gasteiger partial charge in [0.15, 0.2) is 17.6 Å². The molecule has 29 heavy (non-hydrogen) atoms. The van der Waals surface area contributed by atoms with Crippen LogP contribution in [0.4, 0.5) is 11.4 Å². The van der Waals surface area contributed by atoms with Gasteiger partial charge >= 0.3 is 0 Å². The van der Waals surface area contributed by atoms with Gasteiger partial charge in [-0.3, -0.25) is 9.59 Å². The van der Waals surface area contributed by atoms with Crippen molar-refractivity contribution in [2.45, 2.75) is 26.9 Å². The average Bonchev–Trinajstić information content (AvgIpc) is 2.69. The molecule has 7 heteroatoms.